The fourth-order valence-electron chi connectivity index (χ4n) is 3.69. The Kier molecular flexibility index (Phi) is 6.49. The van der Waals surface area contributed by atoms with Gasteiger partial charge in [-0.1, -0.05) is 17.7 Å². The summed E-state index contributed by atoms with van der Waals surface area (Å²) in [6.45, 7) is 4.92. The smallest absolute Gasteiger partial charge is 0.251 e. The van der Waals surface area contributed by atoms with E-state index in [1.54, 1.807) is 0 Å². The Hall–Kier alpha value is -2.63. The van der Waals surface area contributed by atoms with Gasteiger partial charge in [-0.15, -0.1) is 0 Å². The van der Waals surface area contributed by atoms with Crippen LogP contribution >= 0.6 is 0 Å². The van der Waals surface area contributed by atoms with E-state index in [-0.39, 0.29) is 11.9 Å². The van der Waals surface area contributed by atoms with Crippen LogP contribution in [0.2, 0.25) is 0 Å². The van der Waals surface area contributed by atoms with E-state index < -0.39 is 0 Å². The number of amides is 1. The summed E-state index contributed by atoms with van der Waals surface area (Å²) in [6, 6.07) is 8.01. The molecule has 1 amide bonds. The maximum Gasteiger partial charge on any atom is 0.251 e. The van der Waals surface area contributed by atoms with Crippen molar-refractivity contribution in [3.63, 3.8) is 0 Å². The van der Waals surface area contributed by atoms with E-state index in [4.69, 9.17) is 0 Å². The lowest BCUT2D eigenvalue weighted by Crippen LogP contribution is -2.38. The zero-order valence-electron chi connectivity index (χ0n) is 17.3. The second kappa shape index (κ2) is 9.04. The van der Waals surface area contributed by atoms with Gasteiger partial charge >= 0.3 is 0 Å². The quantitative estimate of drug-likeness (QED) is 0.801. The third kappa shape index (κ3) is 5.21. The van der Waals surface area contributed by atoms with E-state index in [0.29, 0.717) is 11.9 Å². The van der Waals surface area contributed by atoms with Crippen molar-refractivity contribution in [2.24, 2.45) is 5.92 Å². The minimum atomic E-state index is 0.0332. The fourth-order valence-corrected chi connectivity index (χ4v) is 3.69. The minimum absolute atomic E-state index is 0.0332. The van der Waals surface area contributed by atoms with Crippen molar-refractivity contribution in [3.05, 3.63) is 47.2 Å². The van der Waals surface area contributed by atoms with Crippen LogP contribution in [0, 0.1) is 19.8 Å². The van der Waals surface area contributed by atoms with Crippen molar-refractivity contribution in [2.45, 2.75) is 45.6 Å². The zero-order valence-corrected chi connectivity index (χ0v) is 17.3. The molecule has 0 radical (unpaired) electrons. The minimum Gasteiger partial charge on any atom is -0.362 e. The highest BCUT2D eigenvalue weighted by Crippen LogP contribution is 2.25. The van der Waals surface area contributed by atoms with Gasteiger partial charge in [0.15, 0.2) is 0 Å². The molecule has 6 heteroatoms. The summed E-state index contributed by atoms with van der Waals surface area (Å²) < 4.78 is 0. The fraction of sp³-hybridized carbons (Fsp3) is 0.500. The molecule has 1 aliphatic carbocycles. The predicted molar refractivity (Wildman–Crippen MR) is 114 cm³/mol. The summed E-state index contributed by atoms with van der Waals surface area (Å²) in [4.78, 5) is 23.4. The molecule has 0 atom stereocenters. The molecule has 0 bridgehead atoms. The van der Waals surface area contributed by atoms with Gasteiger partial charge in [-0.25, -0.2) is 4.98 Å². The van der Waals surface area contributed by atoms with E-state index in [2.05, 4.69) is 20.6 Å². The molecule has 3 rings (SSSR count). The van der Waals surface area contributed by atoms with Crippen LogP contribution in [0.4, 0.5) is 11.8 Å². The Balaban J connectivity index is 1.45. The summed E-state index contributed by atoms with van der Waals surface area (Å²) in [5, 5.41) is 6.57. The van der Waals surface area contributed by atoms with Crippen molar-refractivity contribution >= 4 is 17.7 Å². The molecule has 1 aromatic heterocycles. The number of nitrogens with one attached hydrogen (secondary N) is 2. The number of carbonyl (C=O) groups is 1. The van der Waals surface area contributed by atoms with Crippen LogP contribution in [0.25, 0.3) is 0 Å². The van der Waals surface area contributed by atoms with E-state index in [9.17, 15) is 4.79 Å². The third-order valence-electron chi connectivity index (χ3n) is 5.41. The molecule has 1 aliphatic rings. The van der Waals surface area contributed by atoms with Gasteiger partial charge in [0.2, 0.25) is 5.95 Å². The van der Waals surface area contributed by atoms with E-state index in [0.717, 1.165) is 49.2 Å². The number of rotatable bonds is 6. The van der Waals surface area contributed by atoms with E-state index in [1.807, 2.05) is 63.3 Å². The van der Waals surface area contributed by atoms with Crippen molar-refractivity contribution in [1.82, 2.24) is 15.3 Å². The van der Waals surface area contributed by atoms with Crippen LogP contribution in [0.15, 0.2) is 30.5 Å². The van der Waals surface area contributed by atoms with Crippen LogP contribution in [-0.2, 0) is 0 Å². The van der Waals surface area contributed by atoms with Gasteiger partial charge in [0.1, 0.15) is 5.82 Å². The Morgan fingerprint density at radius 3 is 2.43 bits per heavy atom. The lowest BCUT2D eigenvalue weighted by Gasteiger charge is -2.29. The van der Waals surface area contributed by atoms with Gasteiger partial charge < -0.3 is 15.5 Å². The Labute approximate surface area is 167 Å². The van der Waals surface area contributed by atoms with Crippen LogP contribution in [0.5, 0.6) is 0 Å². The normalized spacial score (nSPS) is 19.1. The monoisotopic (exact) mass is 381 g/mol. The average molecular weight is 382 g/mol. The number of benzene rings is 1. The molecular formula is C22H31N5O. The van der Waals surface area contributed by atoms with Gasteiger partial charge in [-0.3, -0.25) is 4.79 Å². The number of hydrogen-bond acceptors (Lipinski definition) is 5. The molecule has 0 saturated heterocycles. The molecule has 28 heavy (non-hydrogen) atoms. The van der Waals surface area contributed by atoms with Crippen LogP contribution < -0.4 is 15.5 Å². The van der Waals surface area contributed by atoms with E-state index in [1.165, 1.54) is 5.56 Å². The SMILES string of the molecule is Cc1ccc(C(=O)NC2CCC(CNc3ncc(C)c(N(C)C)n3)CC2)cc1. The highest BCUT2D eigenvalue weighted by Gasteiger charge is 2.23. The van der Waals surface area contributed by atoms with Crippen molar-refractivity contribution in [2.75, 3.05) is 30.9 Å². The summed E-state index contributed by atoms with van der Waals surface area (Å²) >= 11 is 0. The molecular weight excluding hydrogens is 350 g/mol. The number of anilines is 2. The van der Waals surface area contributed by atoms with Crippen molar-refractivity contribution in [3.8, 4) is 0 Å². The lowest BCUT2D eigenvalue weighted by atomic mass is 9.86. The van der Waals surface area contributed by atoms with Crippen molar-refractivity contribution < 1.29 is 4.79 Å². The Bertz CT molecular complexity index is 795. The van der Waals surface area contributed by atoms with Gasteiger partial charge in [0, 0.05) is 44.0 Å². The molecule has 150 valence electrons. The van der Waals surface area contributed by atoms with Crippen LogP contribution in [0.3, 0.4) is 0 Å². The number of aryl methyl sites for hydroxylation is 2. The summed E-state index contributed by atoms with van der Waals surface area (Å²) in [5.74, 6) is 2.25. The average Bonchev–Trinajstić information content (AvgIpc) is 2.68. The second-order valence-electron chi connectivity index (χ2n) is 8.03. The van der Waals surface area contributed by atoms with Crippen LogP contribution in [0.1, 0.15) is 47.2 Å². The lowest BCUT2D eigenvalue weighted by molar-refractivity contribution is 0.0922. The number of nitrogens with zero attached hydrogens (tertiary/aromatic N) is 3. The van der Waals surface area contributed by atoms with Crippen LogP contribution in [-0.4, -0.2) is 42.6 Å². The highest BCUT2D eigenvalue weighted by atomic mass is 16.1. The maximum atomic E-state index is 12.4. The number of aromatic nitrogens is 2. The summed E-state index contributed by atoms with van der Waals surface area (Å²) in [6.07, 6.45) is 6.09. The molecule has 1 saturated carbocycles. The molecule has 0 spiro atoms. The second-order valence-corrected chi connectivity index (χ2v) is 8.03. The highest BCUT2D eigenvalue weighted by molar-refractivity contribution is 5.94. The Morgan fingerprint density at radius 2 is 1.79 bits per heavy atom. The molecule has 1 aromatic carbocycles. The van der Waals surface area contributed by atoms with Gasteiger partial charge in [-0.05, 0) is 57.6 Å². The summed E-state index contributed by atoms with van der Waals surface area (Å²) in [5.41, 5.74) is 2.97. The molecule has 0 aliphatic heterocycles. The third-order valence-corrected chi connectivity index (χ3v) is 5.41. The maximum absolute atomic E-state index is 12.4. The Morgan fingerprint density at radius 1 is 1.11 bits per heavy atom. The van der Waals surface area contributed by atoms with Gasteiger partial charge in [0.25, 0.3) is 5.91 Å². The first kappa shape index (κ1) is 20.1. The van der Waals surface area contributed by atoms with Crippen molar-refractivity contribution in [1.29, 1.82) is 0 Å². The molecule has 0 unspecified atom stereocenters. The van der Waals surface area contributed by atoms with Gasteiger partial charge in [-0.2, -0.15) is 4.98 Å². The standard InChI is InChI=1S/C22H31N5O/c1-15-5-9-18(10-6-15)21(28)25-19-11-7-17(8-12-19)14-24-22-23-13-16(2)20(26-22)27(3)4/h5-6,9-10,13,17,19H,7-8,11-12,14H2,1-4H3,(H,25,28)(H,23,24,26). The molecule has 1 fully saturated rings. The molecule has 2 aromatic rings. The molecule has 6 nitrogen and oxygen atoms in total. The first-order valence-electron chi connectivity index (χ1n) is 10.0. The first-order valence-corrected chi connectivity index (χ1v) is 10.0. The summed E-state index contributed by atoms with van der Waals surface area (Å²) in [7, 11) is 3.98. The topological polar surface area (TPSA) is 70.2 Å². The zero-order chi connectivity index (χ0) is 20.1. The molecule has 1 heterocycles. The predicted octanol–water partition coefficient (Wildman–Crippen LogP) is 3.56. The number of carbonyl (C=O) groups excluding carboxylic acids is 1. The number of hydrogen-bond donors (Lipinski definition) is 2. The first-order chi connectivity index (χ1) is 13.4. The largest absolute Gasteiger partial charge is 0.362 e. The molecule has 2 N–H and O–H groups in total. The van der Waals surface area contributed by atoms with E-state index >= 15 is 0 Å². The van der Waals surface area contributed by atoms with Gasteiger partial charge in [0.05, 0.1) is 0 Å².